The van der Waals surface area contributed by atoms with Crippen molar-refractivity contribution in [3.8, 4) is 17.2 Å². The molecule has 3 rings (SSSR count). The van der Waals surface area contributed by atoms with Crippen molar-refractivity contribution in [3.63, 3.8) is 0 Å². The largest absolute Gasteiger partial charge is 0.465 e. The van der Waals surface area contributed by atoms with Gasteiger partial charge >= 0.3 is 6.09 Å². The molecule has 2 aromatic rings. The van der Waals surface area contributed by atoms with Crippen LogP contribution in [0.1, 0.15) is 49.5 Å². The second-order valence-electron chi connectivity index (χ2n) is 7.90. The van der Waals surface area contributed by atoms with Gasteiger partial charge in [-0.05, 0) is 43.5 Å². The number of hydrogen-bond acceptors (Lipinski definition) is 5. The topological polar surface area (TPSA) is 149 Å². The number of primary amides is 1. The van der Waals surface area contributed by atoms with Gasteiger partial charge in [-0.15, -0.1) is 0 Å². The molecule has 9 nitrogen and oxygen atoms in total. The summed E-state index contributed by atoms with van der Waals surface area (Å²) in [6.07, 6.45) is 3.45. The maximum Gasteiger partial charge on any atom is 0.405 e. The summed E-state index contributed by atoms with van der Waals surface area (Å²) in [5.74, 6) is -1.04. The van der Waals surface area contributed by atoms with Crippen molar-refractivity contribution in [1.82, 2.24) is 10.3 Å². The van der Waals surface area contributed by atoms with Crippen LogP contribution in [0.25, 0.3) is 11.1 Å². The maximum atomic E-state index is 13.6. The molecule has 0 aliphatic heterocycles. The van der Waals surface area contributed by atoms with Crippen molar-refractivity contribution in [2.45, 2.75) is 50.6 Å². The predicted molar refractivity (Wildman–Crippen MR) is 118 cm³/mol. The SMILES string of the molecule is CC(C#N)N(C(=O)C1(NC(=O)O)CCCCC1)c1ccc(-c2ccc(C(N)=O)nc2)cc1. The van der Waals surface area contributed by atoms with Gasteiger partial charge in [-0.2, -0.15) is 5.26 Å². The van der Waals surface area contributed by atoms with Gasteiger partial charge in [0.1, 0.15) is 17.3 Å². The first-order chi connectivity index (χ1) is 15.3. The standard InChI is InChI=1S/C23H25N5O4/c1-15(13-24)28(21(30)23(27-22(31)32)11-3-2-4-12-23)18-8-5-16(6-9-18)17-7-10-19(20(25)29)26-14-17/h5-10,14-15,27H,2-4,11-12H2,1H3,(H2,25,29)(H,31,32). The summed E-state index contributed by atoms with van der Waals surface area (Å²) in [5.41, 5.74) is 6.18. The van der Waals surface area contributed by atoms with Gasteiger partial charge < -0.3 is 16.2 Å². The first-order valence-electron chi connectivity index (χ1n) is 10.4. The van der Waals surface area contributed by atoms with E-state index >= 15 is 0 Å². The monoisotopic (exact) mass is 435 g/mol. The molecular weight excluding hydrogens is 410 g/mol. The number of carboxylic acid groups (broad SMARTS) is 1. The molecule has 4 N–H and O–H groups in total. The molecular formula is C23H25N5O4. The van der Waals surface area contributed by atoms with Crippen molar-refractivity contribution in [2.24, 2.45) is 5.73 Å². The van der Waals surface area contributed by atoms with Gasteiger partial charge in [-0.1, -0.05) is 37.5 Å². The van der Waals surface area contributed by atoms with Crippen molar-refractivity contribution >= 4 is 23.6 Å². The van der Waals surface area contributed by atoms with E-state index in [1.165, 1.54) is 17.2 Å². The molecule has 3 amide bonds. The Hall–Kier alpha value is -3.93. The number of nitrogens with two attached hydrogens (primary N) is 1. The molecule has 1 aliphatic rings. The summed E-state index contributed by atoms with van der Waals surface area (Å²) in [6, 6.07) is 11.5. The first-order valence-corrected chi connectivity index (χ1v) is 10.4. The molecule has 1 aromatic carbocycles. The minimum atomic E-state index is -1.26. The van der Waals surface area contributed by atoms with Crippen molar-refractivity contribution in [3.05, 3.63) is 48.3 Å². The Bertz CT molecular complexity index is 1040. The highest BCUT2D eigenvalue weighted by atomic mass is 16.4. The maximum absolute atomic E-state index is 13.6. The van der Waals surface area contributed by atoms with E-state index in [1.807, 2.05) is 0 Å². The fourth-order valence-electron chi connectivity index (χ4n) is 4.08. The minimum absolute atomic E-state index is 0.161. The molecule has 0 saturated heterocycles. The predicted octanol–water partition coefficient (Wildman–Crippen LogP) is 3.06. The summed E-state index contributed by atoms with van der Waals surface area (Å²) in [4.78, 5) is 41.7. The number of carbonyl (C=O) groups excluding carboxylic acids is 2. The molecule has 166 valence electrons. The number of nitrogens with zero attached hydrogens (tertiary/aromatic N) is 3. The van der Waals surface area contributed by atoms with Crippen LogP contribution in [0.3, 0.4) is 0 Å². The van der Waals surface area contributed by atoms with Crippen molar-refractivity contribution in [2.75, 3.05) is 4.90 Å². The Morgan fingerprint density at radius 1 is 1.12 bits per heavy atom. The van der Waals surface area contributed by atoms with Crippen molar-refractivity contribution < 1.29 is 19.5 Å². The molecule has 0 radical (unpaired) electrons. The zero-order valence-corrected chi connectivity index (χ0v) is 17.7. The molecule has 32 heavy (non-hydrogen) atoms. The quantitative estimate of drug-likeness (QED) is 0.635. The van der Waals surface area contributed by atoms with Crippen LogP contribution in [0.4, 0.5) is 10.5 Å². The van der Waals surface area contributed by atoms with E-state index in [0.717, 1.165) is 30.4 Å². The van der Waals surface area contributed by atoms with E-state index in [9.17, 15) is 24.8 Å². The molecule has 1 atom stereocenters. The van der Waals surface area contributed by atoms with E-state index in [4.69, 9.17) is 5.73 Å². The Labute approximate surface area is 185 Å². The van der Waals surface area contributed by atoms with E-state index in [2.05, 4.69) is 16.4 Å². The van der Waals surface area contributed by atoms with Crippen LogP contribution >= 0.6 is 0 Å². The number of aromatic nitrogens is 1. The fraction of sp³-hybridized carbons (Fsp3) is 0.348. The van der Waals surface area contributed by atoms with Crippen LogP contribution in [0.2, 0.25) is 0 Å². The van der Waals surface area contributed by atoms with Crippen LogP contribution < -0.4 is 16.0 Å². The van der Waals surface area contributed by atoms with E-state index in [0.29, 0.717) is 18.5 Å². The highest BCUT2D eigenvalue weighted by Gasteiger charge is 2.45. The number of rotatable bonds is 6. The molecule has 1 saturated carbocycles. The highest BCUT2D eigenvalue weighted by Crippen LogP contribution is 2.33. The third kappa shape index (κ3) is 4.70. The number of pyridine rings is 1. The summed E-state index contributed by atoms with van der Waals surface area (Å²) < 4.78 is 0. The lowest BCUT2D eigenvalue weighted by molar-refractivity contribution is -0.126. The minimum Gasteiger partial charge on any atom is -0.465 e. The molecule has 1 unspecified atom stereocenters. The Morgan fingerprint density at radius 3 is 2.25 bits per heavy atom. The van der Waals surface area contributed by atoms with Crippen molar-refractivity contribution in [1.29, 1.82) is 5.26 Å². The lowest BCUT2D eigenvalue weighted by atomic mass is 9.80. The third-order valence-corrected chi connectivity index (χ3v) is 5.75. The van der Waals surface area contributed by atoms with E-state index in [1.54, 1.807) is 37.3 Å². The molecule has 1 fully saturated rings. The number of carbonyl (C=O) groups is 3. The Morgan fingerprint density at radius 2 is 1.75 bits per heavy atom. The first kappa shape index (κ1) is 22.7. The van der Waals surface area contributed by atoms with Gasteiger partial charge in [-0.3, -0.25) is 19.5 Å². The fourth-order valence-corrected chi connectivity index (χ4v) is 4.08. The zero-order valence-electron chi connectivity index (χ0n) is 17.7. The van der Waals surface area contributed by atoms with E-state index < -0.39 is 29.5 Å². The number of nitrogens with one attached hydrogen (secondary N) is 1. The number of nitriles is 1. The molecule has 1 heterocycles. The number of anilines is 1. The van der Waals surface area contributed by atoms with Gasteiger partial charge in [0, 0.05) is 17.4 Å². The smallest absolute Gasteiger partial charge is 0.405 e. The van der Waals surface area contributed by atoms with Gasteiger partial charge in [0.15, 0.2) is 0 Å². The lowest BCUT2D eigenvalue weighted by Crippen LogP contribution is -2.62. The molecule has 9 heteroatoms. The van der Waals surface area contributed by atoms with Crippen LogP contribution in [-0.2, 0) is 4.79 Å². The summed E-state index contributed by atoms with van der Waals surface area (Å²) in [5, 5.41) is 21.4. The molecule has 1 aromatic heterocycles. The average Bonchev–Trinajstić information content (AvgIpc) is 2.79. The molecule has 0 spiro atoms. The Balaban J connectivity index is 1.93. The van der Waals surface area contributed by atoms with Gasteiger partial charge in [-0.25, -0.2) is 4.79 Å². The van der Waals surface area contributed by atoms with Gasteiger partial charge in [0.05, 0.1) is 6.07 Å². The van der Waals surface area contributed by atoms with Crippen LogP contribution in [-0.4, -0.2) is 39.6 Å². The zero-order chi connectivity index (χ0) is 23.3. The second-order valence-corrected chi connectivity index (χ2v) is 7.90. The molecule has 1 aliphatic carbocycles. The van der Waals surface area contributed by atoms with Crippen LogP contribution in [0.15, 0.2) is 42.6 Å². The number of hydrogen-bond donors (Lipinski definition) is 3. The normalized spacial score (nSPS) is 15.8. The van der Waals surface area contributed by atoms with E-state index in [-0.39, 0.29) is 5.69 Å². The highest BCUT2D eigenvalue weighted by molar-refractivity contribution is 6.02. The van der Waals surface area contributed by atoms with Crippen LogP contribution in [0.5, 0.6) is 0 Å². The molecule has 0 bridgehead atoms. The lowest BCUT2D eigenvalue weighted by Gasteiger charge is -2.40. The third-order valence-electron chi connectivity index (χ3n) is 5.75. The number of amides is 3. The average molecular weight is 435 g/mol. The Kier molecular flexibility index (Phi) is 6.73. The second kappa shape index (κ2) is 9.47. The summed E-state index contributed by atoms with van der Waals surface area (Å²) in [6.45, 7) is 1.61. The van der Waals surface area contributed by atoms with Crippen LogP contribution in [0, 0.1) is 11.3 Å². The summed E-state index contributed by atoms with van der Waals surface area (Å²) >= 11 is 0. The van der Waals surface area contributed by atoms with Gasteiger partial charge in [0.25, 0.3) is 11.8 Å². The van der Waals surface area contributed by atoms with Gasteiger partial charge in [0.2, 0.25) is 0 Å². The number of benzene rings is 1. The summed E-state index contributed by atoms with van der Waals surface area (Å²) in [7, 11) is 0.